The first-order valence-corrected chi connectivity index (χ1v) is 8.50. The van der Waals surface area contributed by atoms with Gasteiger partial charge in [-0.25, -0.2) is 0 Å². The average molecular weight is 446 g/mol. The quantitative estimate of drug-likeness (QED) is 0.415. The molecule has 5 nitrogen and oxygen atoms in total. The fourth-order valence-corrected chi connectivity index (χ4v) is 3.09. The Morgan fingerprint density at radius 1 is 1.29 bits per heavy atom. The van der Waals surface area contributed by atoms with Crippen molar-refractivity contribution in [3.8, 4) is 5.75 Å². The van der Waals surface area contributed by atoms with Gasteiger partial charge in [0, 0.05) is 26.2 Å². The van der Waals surface area contributed by atoms with Crippen LogP contribution in [0.3, 0.4) is 0 Å². The first-order valence-electron chi connectivity index (χ1n) is 8.50. The number of ether oxygens (including phenoxy) is 1. The summed E-state index contributed by atoms with van der Waals surface area (Å²) in [6.45, 7) is 5.98. The van der Waals surface area contributed by atoms with E-state index in [4.69, 9.17) is 9.73 Å². The number of rotatable bonds is 6. The van der Waals surface area contributed by atoms with Gasteiger partial charge in [-0.05, 0) is 38.9 Å². The minimum Gasteiger partial charge on any atom is -0.496 e. The van der Waals surface area contributed by atoms with Gasteiger partial charge in [-0.1, -0.05) is 18.2 Å². The Bertz CT molecular complexity index is 515. The van der Waals surface area contributed by atoms with Crippen molar-refractivity contribution in [2.24, 2.45) is 4.99 Å². The largest absolute Gasteiger partial charge is 0.496 e. The van der Waals surface area contributed by atoms with Crippen LogP contribution in [0.2, 0.25) is 0 Å². The number of hydrogen-bond acceptors (Lipinski definition) is 3. The second-order valence-electron chi connectivity index (χ2n) is 6.09. The summed E-state index contributed by atoms with van der Waals surface area (Å²) in [7, 11) is 5.79. The van der Waals surface area contributed by atoms with Crippen LogP contribution in [0.15, 0.2) is 29.3 Å². The molecule has 0 spiro atoms. The number of benzene rings is 1. The number of hydrogen-bond donors (Lipinski definition) is 1. The van der Waals surface area contributed by atoms with Crippen molar-refractivity contribution < 1.29 is 4.74 Å². The lowest BCUT2D eigenvalue weighted by Crippen LogP contribution is -2.37. The van der Waals surface area contributed by atoms with Gasteiger partial charge in [0.2, 0.25) is 0 Å². The molecule has 1 atom stereocenters. The zero-order chi connectivity index (χ0) is 16.7. The number of aliphatic imine (C=N–C) groups is 1. The Labute approximate surface area is 163 Å². The first kappa shape index (κ1) is 21.0. The molecular weight excluding hydrogens is 415 g/mol. The fraction of sp³-hybridized carbons (Fsp3) is 0.611. The maximum Gasteiger partial charge on any atom is 0.193 e. The van der Waals surface area contributed by atoms with Crippen LogP contribution in [-0.2, 0) is 0 Å². The predicted octanol–water partition coefficient (Wildman–Crippen LogP) is 2.98. The topological polar surface area (TPSA) is 40.1 Å². The lowest BCUT2D eigenvalue weighted by atomic mass is 10.0. The number of methoxy groups -OCH3 is 1. The van der Waals surface area contributed by atoms with Gasteiger partial charge in [-0.15, -0.1) is 24.0 Å². The van der Waals surface area contributed by atoms with E-state index in [1.54, 1.807) is 7.11 Å². The van der Waals surface area contributed by atoms with Gasteiger partial charge in [0.15, 0.2) is 5.96 Å². The highest BCUT2D eigenvalue weighted by molar-refractivity contribution is 14.0. The van der Waals surface area contributed by atoms with Crippen molar-refractivity contribution >= 4 is 29.9 Å². The number of likely N-dealkylation sites (tertiary alicyclic amines) is 1. The molecule has 1 aromatic carbocycles. The highest BCUT2D eigenvalue weighted by Crippen LogP contribution is 2.31. The van der Waals surface area contributed by atoms with Crippen molar-refractivity contribution in [3.05, 3.63) is 29.8 Å². The minimum absolute atomic E-state index is 0. The first-order chi connectivity index (χ1) is 11.2. The highest BCUT2D eigenvalue weighted by Gasteiger charge is 2.25. The molecule has 1 unspecified atom stereocenters. The summed E-state index contributed by atoms with van der Waals surface area (Å²) in [6.07, 6.45) is 2.53. The molecule has 1 N–H and O–H groups in total. The van der Waals surface area contributed by atoms with E-state index in [1.807, 2.05) is 31.1 Å². The molecule has 6 heteroatoms. The Balaban J connectivity index is 0.00000288. The van der Waals surface area contributed by atoms with Gasteiger partial charge in [-0.2, -0.15) is 0 Å². The van der Waals surface area contributed by atoms with E-state index >= 15 is 0 Å². The molecule has 1 aliphatic rings. The summed E-state index contributed by atoms with van der Waals surface area (Å²) >= 11 is 0. The molecule has 1 heterocycles. The Hall–Kier alpha value is -1.02. The van der Waals surface area contributed by atoms with E-state index in [9.17, 15) is 0 Å². The monoisotopic (exact) mass is 446 g/mol. The number of guanidine groups is 1. The second-order valence-corrected chi connectivity index (χ2v) is 6.09. The zero-order valence-electron chi connectivity index (χ0n) is 15.3. The summed E-state index contributed by atoms with van der Waals surface area (Å²) in [6, 6.07) is 8.58. The molecule has 1 fully saturated rings. The molecule has 0 amide bonds. The molecule has 1 saturated heterocycles. The zero-order valence-corrected chi connectivity index (χ0v) is 17.6. The van der Waals surface area contributed by atoms with Crippen LogP contribution in [-0.4, -0.2) is 63.1 Å². The van der Waals surface area contributed by atoms with Crippen molar-refractivity contribution in [2.75, 3.05) is 47.4 Å². The minimum atomic E-state index is 0. The highest BCUT2D eigenvalue weighted by atomic mass is 127. The van der Waals surface area contributed by atoms with Crippen LogP contribution in [0.25, 0.3) is 0 Å². The van der Waals surface area contributed by atoms with Crippen molar-refractivity contribution in [1.82, 2.24) is 15.1 Å². The van der Waals surface area contributed by atoms with Crippen LogP contribution in [0.5, 0.6) is 5.75 Å². The van der Waals surface area contributed by atoms with E-state index in [0.717, 1.165) is 37.9 Å². The van der Waals surface area contributed by atoms with Gasteiger partial charge in [0.05, 0.1) is 19.7 Å². The molecule has 0 radical (unpaired) electrons. The molecule has 1 aromatic rings. The molecule has 0 aliphatic carbocycles. The van der Waals surface area contributed by atoms with Crippen molar-refractivity contribution in [1.29, 1.82) is 0 Å². The normalized spacial score (nSPS) is 16.4. The van der Waals surface area contributed by atoms with Crippen molar-refractivity contribution in [2.45, 2.75) is 25.8 Å². The molecule has 0 aromatic heterocycles. The Kier molecular flexibility index (Phi) is 9.43. The third-order valence-electron chi connectivity index (χ3n) is 4.25. The molecule has 2 rings (SSSR count). The second kappa shape index (κ2) is 10.8. The third kappa shape index (κ3) is 5.51. The third-order valence-corrected chi connectivity index (χ3v) is 4.25. The van der Waals surface area contributed by atoms with Gasteiger partial charge >= 0.3 is 0 Å². The number of halogens is 1. The van der Waals surface area contributed by atoms with E-state index in [2.05, 4.69) is 29.3 Å². The SMILES string of the molecule is CCNC(=NCC(c1ccccc1OC)N1CCCC1)N(C)C.I. The molecule has 24 heavy (non-hydrogen) atoms. The number of nitrogens with zero attached hydrogens (tertiary/aromatic N) is 3. The molecular formula is C18H31IN4O. The number of para-hydroxylation sites is 1. The Morgan fingerprint density at radius 3 is 2.54 bits per heavy atom. The van der Waals surface area contributed by atoms with Gasteiger partial charge in [0.1, 0.15) is 5.75 Å². The summed E-state index contributed by atoms with van der Waals surface area (Å²) in [4.78, 5) is 9.41. The van der Waals surface area contributed by atoms with Gasteiger partial charge < -0.3 is 15.0 Å². The average Bonchev–Trinajstić information content (AvgIpc) is 3.08. The van der Waals surface area contributed by atoms with Crippen LogP contribution < -0.4 is 10.1 Å². The molecule has 0 bridgehead atoms. The van der Waals surface area contributed by atoms with Crippen LogP contribution >= 0.6 is 24.0 Å². The lowest BCUT2D eigenvalue weighted by Gasteiger charge is -2.28. The summed E-state index contributed by atoms with van der Waals surface area (Å²) in [5.74, 6) is 1.89. The predicted molar refractivity (Wildman–Crippen MR) is 112 cm³/mol. The summed E-state index contributed by atoms with van der Waals surface area (Å²) in [5, 5.41) is 3.33. The summed E-state index contributed by atoms with van der Waals surface area (Å²) < 4.78 is 5.59. The standard InChI is InChI=1S/C18H30N4O.HI/c1-5-19-18(21(2)3)20-14-16(22-12-8-9-13-22)15-10-6-7-11-17(15)23-4;/h6-7,10-11,16H,5,8-9,12-14H2,1-4H3,(H,19,20);1H. The van der Waals surface area contributed by atoms with Crippen LogP contribution in [0.1, 0.15) is 31.4 Å². The molecule has 1 aliphatic heterocycles. The Morgan fingerprint density at radius 2 is 1.96 bits per heavy atom. The van der Waals surface area contributed by atoms with E-state index < -0.39 is 0 Å². The van der Waals surface area contributed by atoms with Crippen LogP contribution in [0.4, 0.5) is 0 Å². The number of nitrogens with one attached hydrogen (secondary N) is 1. The molecule has 136 valence electrons. The van der Waals surface area contributed by atoms with Crippen molar-refractivity contribution in [3.63, 3.8) is 0 Å². The summed E-state index contributed by atoms with van der Waals surface area (Å²) in [5.41, 5.74) is 1.23. The van der Waals surface area contributed by atoms with Crippen LogP contribution in [0, 0.1) is 0 Å². The maximum atomic E-state index is 5.59. The fourth-order valence-electron chi connectivity index (χ4n) is 3.09. The molecule has 0 saturated carbocycles. The van der Waals surface area contributed by atoms with E-state index in [-0.39, 0.29) is 30.0 Å². The van der Waals surface area contributed by atoms with Gasteiger partial charge in [-0.3, -0.25) is 9.89 Å². The maximum absolute atomic E-state index is 5.59. The van der Waals surface area contributed by atoms with E-state index in [1.165, 1.54) is 18.4 Å². The van der Waals surface area contributed by atoms with Gasteiger partial charge in [0.25, 0.3) is 0 Å². The van der Waals surface area contributed by atoms with E-state index in [0.29, 0.717) is 0 Å². The lowest BCUT2D eigenvalue weighted by molar-refractivity contribution is 0.245. The smallest absolute Gasteiger partial charge is 0.193 e.